The summed E-state index contributed by atoms with van der Waals surface area (Å²) in [6, 6.07) is 11.5. The second-order valence-electron chi connectivity index (χ2n) is 4.76. The van der Waals surface area contributed by atoms with Crippen molar-refractivity contribution < 1.29 is 8.78 Å². The van der Waals surface area contributed by atoms with Crippen molar-refractivity contribution in [1.82, 2.24) is 5.32 Å². The molecular formula is C16H16BrF2N. The maximum absolute atomic E-state index is 13.8. The van der Waals surface area contributed by atoms with Crippen LogP contribution in [-0.2, 0) is 12.8 Å². The van der Waals surface area contributed by atoms with Gasteiger partial charge in [0.25, 0.3) is 0 Å². The summed E-state index contributed by atoms with van der Waals surface area (Å²) >= 11 is 3.35. The van der Waals surface area contributed by atoms with E-state index >= 15 is 0 Å². The molecule has 0 radical (unpaired) electrons. The Morgan fingerprint density at radius 1 is 1.10 bits per heavy atom. The standard InChI is InChI=1S/C16H16BrF2N/c1-20-15(8-11-3-2-4-14(18)7-11)10-12-9-13(17)5-6-16(12)19/h2-7,9,15,20H,8,10H2,1H3. The highest BCUT2D eigenvalue weighted by atomic mass is 79.9. The summed E-state index contributed by atoms with van der Waals surface area (Å²) in [5, 5.41) is 3.16. The van der Waals surface area contributed by atoms with Crippen molar-refractivity contribution in [2.75, 3.05) is 7.05 Å². The van der Waals surface area contributed by atoms with Gasteiger partial charge >= 0.3 is 0 Å². The number of hydrogen-bond acceptors (Lipinski definition) is 1. The van der Waals surface area contributed by atoms with E-state index in [-0.39, 0.29) is 17.7 Å². The van der Waals surface area contributed by atoms with Gasteiger partial charge in [0.2, 0.25) is 0 Å². The van der Waals surface area contributed by atoms with Crippen LogP contribution in [0.15, 0.2) is 46.9 Å². The molecule has 2 aromatic rings. The predicted octanol–water partition coefficient (Wildman–Crippen LogP) is 4.10. The normalized spacial score (nSPS) is 12.4. The van der Waals surface area contributed by atoms with Gasteiger partial charge in [0.1, 0.15) is 11.6 Å². The van der Waals surface area contributed by atoms with Gasteiger partial charge in [0.15, 0.2) is 0 Å². The Labute approximate surface area is 126 Å². The molecule has 0 amide bonds. The lowest BCUT2D eigenvalue weighted by Gasteiger charge is -2.17. The Morgan fingerprint density at radius 3 is 2.60 bits per heavy atom. The first-order valence-electron chi connectivity index (χ1n) is 6.44. The fourth-order valence-electron chi connectivity index (χ4n) is 2.19. The molecule has 0 aliphatic rings. The Kier molecular flexibility index (Phi) is 5.26. The van der Waals surface area contributed by atoms with Crippen LogP contribution in [0.5, 0.6) is 0 Å². The molecule has 1 unspecified atom stereocenters. The Hall–Kier alpha value is -1.26. The van der Waals surface area contributed by atoms with E-state index in [0.717, 1.165) is 10.0 Å². The van der Waals surface area contributed by atoms with Gasteiger partial charge < -0.3 is 5.32 Å². The molecule has 20 heavy (non-hydrogen) atoms. The van der Waals surface area contributed by atoms with Gasteiger partial charge in [-0.25, -0.2) is 8.78 Å². The fraction of sp³-hybridized carbons (Fsp3) is 0.250. The van der Waals surface area contributed by atoms with Crippen LogP contribution in [0.1, 0.15) is 11.1 Å². The molecule has 0 aliphatic carbocycles. The van der Waals surface area contributed by atoms with Gasteiger partial charge in [0.05, 0.1) is 0 Å². The van der Waals surface area contributed by atoms with E-state index in [9.17, 15) is 8.78 Å². The zero-order valence-electron chi connectivity index (χ0n) is 11.2. The van der Waals surface area contributed by atoms with Gasteiger partial charge in [-0.3, -0.25) is 0 Å². The quantitative estimate of drug-likeness (QED) is 0.864. The van der Waals surface area contributed by atoms with Crippen molar-refractivity contribution in [1.29, 1.82) is 0 Å². The molecule has 0 spiro atoms. The first-order chi connectivity index (χ1) is 9.58. The molecule has 0 saturated heterocycles. The Bertz CT molecular complexity index is 586. The average molecular weight is 340 g/mol. The lowest BCUT2D eigenvalue weighted by molar-refractivity contribution is 0.530. The maximum atomic E-state index is 13.8. The van der Waals surface area contributed by atoms with Crippen LogP contribution in [0.2, 0.25) is 0 Å². The van der Waals surface area contributed by atoms with Crippen LogP contribution in [0.4, 0.5) is 8.78 Å². The highest BCUT2D eigenvalue weighted by Crippen LogP contribution is 2.18. The third-order valence-corrected chi connectivity index (χ3v) is 3.75. The van der Waals surface area contributed by atoms with Crippen LogP contribution in [0.25, 0.3) is 0 Å². The summed E-state index contributed by atoms with van der Waals surface area (Å²) in [7, 11) is 1.83. The summed E-state index contributed by atoms with van der Waals surface area (Å²) in [6.07, 6.45) is 1.21. The number of benzene rings is 2. The molecule has 4 heteroatoms. The fourth-order valence-corrected chi connectivity index (χ4v) is 2.60. The van der Waals surface area contributed by atoms with E-state index in [1.54, 1.807) is 18.2 Å². The first kappa shape index (κ1) is 15.1. The smallest absolute Gasteiger partial charge is 0.126 e. The molecular weight excluding hydrogens is 324 g/mol. The second-order valence-corrected chi connectivity index (χ2v) is 5.68. The predicted molar refractivity (Wildman–Crippen MR) is 80.8 cm³/mol. The molecule has 2 rings (SSSR count). The number of rotatable bonds is 5. The van der Waals surface area contributed by atoms with Gasteiger partial charge in [-0.05, 0) is 61.3 Å². The van der Waals surface area contributed by atoms with E-state index in [0.29, 0.717) is 18.4 Å². The van der Waals surface area contributed by atoms with Gasteiger partial charge in [0, 0.05) is 10.5 Å². The highest BCUT2D eigenvalue weighted by Gasteiger charge is 2.12. The van der Waals surface area contributed by atoms with Gasteiger partial charge in [-0.1, -0.05) is 28.1 Å². The zero-order chi connectivity index (χ0) is 14.5. The number of halogens is 3. The van der Waals surface area contributed by atoms with Crippen molar-refractivity contribution >= 4 is 15.9 Å². The SMILES string of the molecule is CNC(Cc1cccc(F)c1)Cc1cc(Br)ccc1F. The molecule has 0 saturated carbocycles. The Balaban J connectivity index is 2.11. The van der Waals surface area contributed by atoms with Crippen LogP contribution in [0.3, 0.4) is 0 Å². The van der Waals surface area contributed by atoms with Gasteiger partial charge in [-0.15, -0.1) is 0 Å². The summed E-state index contributed by atoms with van der Waals surface area (Å²) in [6.45, 7) is 0. The zero-order valence-corrected chi connectivity index (χ0v) is 12.8. The molecule has 0 aromatic heterocycles. The van der Waals surface area contributed by atoms with Crippen molar-refractivity contribution in [3.05, 3.63) is 69.7 Å². The van der Waals surface area contributed by atoms with Crippen LogP contribution in [-0.4, -0.2) is 13.1 Å². The van der Waals surface area contributed by atoms with Crippen LogP contribution < -0.4 is 5.32 Å². The molecule has 1 atom stereocenters. The summed E-state index contributed by atoms with van der Waals surface area (Å²) in [4.78, 5) is 0. The number of hydrogen-bond donors (Lipinski definition) is 1. The minimum absolute atomic E-state index is 0.0561. The Morgan fingerprint density at radius 2 is 1.90 bits per heavy atom. The van der Waals surface area contributed by atoms with Crippen molar-refractivity contribution in [3.8, 4) is 0 Å². The molecule has 2 aromatic carbocycles. The maximum Gasteiger partial charge on any atom is 0.126 e. The highest BCUT2D eigenvalue weighted by molar-refractivity contribution is 9.10. The summed E-state index contributed by atoms with van der Waals surface area (Å²) in [5.41, 5.74) is 1.55. The van der Waals surface area contributed by atoms with Crippen LogP contribution >= 0.6 is 15.9 Å². The lowest BCUT2D eigenvalue weighted by Crippen LogP contribution is -2.30. The second kappa shape index (κ2) is 6.95. The lowest BCUT2D eigenvalue weighted by atomic mass is 9.99. The van der Waals surface area contributed by atoms with Crippen molar-refractivity contribution in [2.24, 2.45) is 0 Å². The molecule has 0 bridgehead atoms. The minimum Gasteiger partial charge on any atom is -0.316 e. The van der Waals surface area contributed by atoms with E-state index in [4.69, 9.17) is 0 Å². The summed E-state index contributed by atoms with van der Waals surface area (Å²) in [5.74, 6) is -0.460. The van der Waals surface area contributed by atoms with Gasteiger partial charge in [-0.2, -0.15) is 0 Å². The topological polar surface area (TPSA) is 12.0 Å². The minimum atomic E-state index is -0.244. The molecule has 106 valence electrons. The van der Waals surface area contributed by atoms with Crippen molar-refractivity contribution in [2.45, 2.75) is 18.9 Å². The third kappa shape index (κ3) is 4.12. The number of nitrogens with one attached hydrogen (secondary N) is 1. The molecule has 0 heterocycles. The number of likely N-dealkylation sites (N-methyl/N-ethyl adjacent to an activating group) is 1. The van der Waals surface area contributed by atoms with E-state index < -0.39 is 0 Å². The molecule has 0 fully saturated rings. The third-order valence-electron chi connectivity index (χ3n) is 3.25. The monoisotopic (exact) mass is 339 g/mol. The molecule has 1 nitrogen and oxygen atoms in total. The van der Waals surface area contributed by atoms with E-state index in [2.05, 4.69) is 21.2 Å². The van der Waals surface area contributed by atoms with E-state index in [1.807, 2.05) is 13.1 Å². The molecule has 0 aliphatic heterocycles. The summed E-state index contributed by atoms with van der Waals surface area (Å²) < 4.78 is 27.8. The first-order valence-corrected chi connectivity index (χ1v) is 7.23. The molecule has 1 N–H and O–H groups in total. The largest absolute Gasteiger partial charge is 0.316 e. The van der Waals surface area contributed by atoms with E-state index in [1.165, 1.54) is 18.2 Å². The van der Waals surface area contributed by atoms with Crippen LogP contribution in [0, 0.1) is 11.6 Å². The van der Waals surface area contributed by atoms with Crippen molar-refractivity contribution in [3.63, 3.8) is 0 Å². The average Bonchev–Trinajstić information content (AvgIpc) is 2.42.